The zero-order chi connectivity index (χ0) is 11.2. The first kappa shape index (κ1) is 11.3. The van der Waals surface area contributed by atoms with E-state index < -0.39 is 6.10 Å². The van der Waals surface area contributed by atoms with Gasteiger partial charge in [0.2, 0.25) is 5.95 Å². The molecule has 6 nitrogen and oxygen atoms in total. The van der Waals surface area contributed by atoms with Crippen LogP contribution in [-0.2, 0) is 4.74 Å². The molecule has 1 aliphatic heterocycles. The zero-order valence-corrected chi connectivity index (χ0v) is 8.97. The van der Waals surface area contributed by atoms with Crippen LogP contribution in [0, 0.1) is 0 Å². The van der Waals surface area contributed by atoms with Crippen LogP contribution in [0.1, 0.15) is 0 Å². The highest BCUT2D eigenvalue weighted by Crippen LogP contribution is 2.04. The molecule has 0 saturated carbocycles. The van der Waals surface area contributed by atoms with Crippen LogP contribution in [0.5, 0.6) is 0 Å². The zero-order valence-electron chi connectivity index (χ0n) is 8.97. The Bertz CT molecular complexity index is 309. The van der Waals surface area contributed by atoms with Crippen LogP contribution in [-0.4, -0.2) is 53.5 Å². The lowest BCUT2D eigenvalue weighted by Crippen LogP contribution is -2.41. The van der Waals surface area contributed by atoms with Gasteiger partial charge in [-0.25, -0.2) is 9.97 Å². The topological polar surface area (TPSA) is 79.3 Å². The number of hydrogen-bond acceptors (Lipinski definition) is 6. The Morgan fingerprint density at radius 2 is 2.12 bits per heavy atom. The molecular weight excluding hydrogens is 208 g/mol. The average Bonchev–Trinajstić information content (AvgIpc) is 2.72. The van der Waals surface area contributed by atoms with Crippen molar-refractivity contribution in [2.45, 2.75) is 12.1 Å². The van der Waals surface area contributed by atoms with Crippen molar-refractivity contribution < 1.29 is 9.84 Å². The van der Waals surface area contributed by atoms with Gasteiger partial charge in [0.05, 0.1) is 25.4 Å². The number of aliphatic hydroxyl groups excluding tert-OH is 1. The first-order valence-corrected chi connectivity index (χ1v) is 5.36. The van der Waals surface area contributed by atoms with Crippen molar-refractivity contribution in [2.75, 3.05) is 31.6 Å². The van der Waals surface area contributed by atoms with Gasteiger partial charge >= 0.3 is 0 Å². The van der Waals surface area contributed by atoms with E-state index in [4.69, 9.17) is 4.74 Å². The third-order valence-electron chi connectivity index (χ3n) is 2.43. The number of anilines is 1. The third kappa shape index (κ3) is 3.13. The van der Waals surface area contributed by atoms with Crippen LogP contribution in [0.25, 0.3) is 0 Å². The highest BCUT2D eigenvalue weighted by atomic mass is 16.5. The van der Waals surface area contributed by atoms with Crippen LogP contribution in [0.15, 0.2) is 18.5 Å². The summed E-state index contributed by atoms with van der Waals surface area (Å²) in [4.78, 5) is 8.08. The summed E-state index contributed by atoms with van der Waals surface area (Å²) in [5.41, 5.74) is 0. The molecule has 3 N–H and O–H groups in total. The van der Waals surface area contributed by atoms with Gasteiger partial charge in [0.15, 0.2) is 0 Å². The van der Waals surface area contributed by atoms with Crippen molar-refractivity contribution >= 4 is 5.95 Å². The minimum atomic E-state index is -0.395. The number of nitrogens with one attached hydrogen (secondary N) is 2. The molecule has 0 amide bonds. The molecule has 2 atom stereocenters. The van der Waals surface area contributed by atoms with E-state index in [1.54, 1.807) is 18.5 Å². The molecule has 0 aromatic carbocycles. The van der Waals surface area contributed by atoms with E-state index in [1.807, 2.05) is 0 Å². The number of ether oxygens (including phenoxy) is 1. The Hall–Kier alpha value is -1.24. The summed E-state index contributed by atoms with van der Waals surface area (Å²) in [5, 5.41) is 15.8. The molecule has 6 heteroatoms. The summed E-state index contributed by atoms with van der Waals surface area (Å²) < 4.78 is 5.13. The smallest absolute Gasteiger partial charge is 0.222 e. The summed E-state index contributed by atoms with van der Waals surface area (Å²) in [7, 11) is 0. The van der Waals surface area contributed by atoms with E-state index in [0.29, 0.717) is 25.7 Å². The van der Waals surface area contributed by atoms with Gasteiger partial charge in [-0.05, 0) is 6.07 Å². The Labute approximate surface area is 94.1 Å². The molecule has 0 radical (unpaired) electrons. The SMILES string of the molecule is O[C@@H]1COC[C@H]1NCCNc1ncccn1. The van der Waals surface area contributed by atoms with Gasteiger partial charge in [-0.15, -0.1) is 0 Å². The normalized spacial score (nSPS) is 24.6. The molecule has 1 aromatic heterocycles. The van der Waals surface area contributed by atoms with Crippen LogP contribution in [0.4, 0.5) is 5.95 Å². The second-order valence-electron chi connectivity index (χ2n) is 3.66. The van der Waals surface area contributed by atoms with Gasteiger partial charge in [0.25, 0.3) is 0 Å². The second kappa shape index (κ2) is 5.74. The first-order valence-electron chi connectivity index (χ1n) is 5.36. The molecule has 0 spiro atoms. The number of rotatable bonds is 5. The van der Waals surface area contributed by atoms with Crippen LogP contribution in [0.2, 0.25) is 0 Å². The monoisotopic (exact) mass is 224 g/mol. The summed E-state index contributed by atoms with van der Waals surface area (Å²) in [6, 6.07) is 1.81. The highest BCUT2D eigenvalue weighted by molar-refractivity contribution is 5.21. The van der Waals surface area contributed by atoms with E-state index >= 15 is 0 Å². The first-order chi connectivity index (χ1) is 7.86. The number of nitrogens with zero attached hydrogens (tertiary/aromatic N) is 2. The minimum Gasteiger partial charge on any atom is -0.389 e. The molecule has 1 aromatic rings. The molecule has 1 saturated heterocycles. The van der Waals surface area contributed by atoms with E-state index in [9.17, 15) is 5.11 Å². The summed E-state index contributed by atoms with van der Waals surface area (Å²) in [6.07, 6.45) is 2.99. The lowest BCUT2D eigenvalue weighted by atomic mass is 10.2. The average molecular weight is 224 g/mol. The number of aliphatic hydroxyl groups is 1. The van der Waals surface area contributed by atoms with E-state index in [0.717, 1.165) is 6.54 Å². The van der Waals surface area contributed by atoms with E-state index in [2.05, 4.69) is 20.6 Å². The van der Waals surface area contributed by atoms with Gasteiger partial charge in [-0.1, -0.05) is 0 Å². The molecule has 0 aliphatic carbocycles. The van der Waals surface area contributed by atoms with E-state index in [-0.39, 0.29) is 6.04 Å². The maximum Gasteiger partial charge on any atom is 0.222 e. The van der Waals surface area contributed by atoms with Gasteiger partial charge in [-0.2, -0.15) is 0 Å². The number of hydrogen-bond donors (Lipinski definition) is 3. The lowest BCUT2D eigenvalue weighted by Gasteiger charge is -2.14. The molecule has 0 unspecified atom stereocenters. The van der Waals surface area contributed by atoms with E-state index in [1.165, 1.54) is 0 Å². The van der Waals surface area contributed by atoms with Crippen molar-refractivity contribution in [3.63, 3.8) is 0 Å². The molecule has 2 heterocycles. The molecule has 1 aliphatic rings. The predicted molar refractivity (Wildman–Crippen MR) is 59.1 cm³/mol. The molecule has 1 fully saturated rings. The standard InChI is InChI=1S/C10H16N4O2/c15-9-7-16-6-8(9)11-4-5-14-10-12-2-1-3-13-10/h1-3,8-9,11,15H,4-7H2,(H,12,13,14)/t8-,9-/m1/s1. The quantitative estimate of drug-likeness (QED) is 0.570. The maximum absolute atomic E-state index is 9.47. The fourth-order valence-corrected chi connectivity index (χ4v) is 1.56. The third-order valence-corrected chi connectivity index (χ3v) is 2.43. The predicted octanol–water partition coefficient (Wildman–Crippen LogP) is -0.762. The largest absolute Gasteiger partial charge is 0.389 e. The van der Waals surface area contributed by atoms with Crippen molar-refractivity contribution in [2.24, 2.45) is 0 Å². The minimum absolute atomic E-state index is 0.0403. The van der Waals surface area contributed by atoms with Crippen molar-refractivity contribution in [1.82, 2.24) is 15.3 Å². The van der Waals surface area contributed by atoms with Crippen molar-refractivity contribution in [3.8, 4) is 0 Å². The summed E-state index contributed by atoms with van der Waals surface area (Å²) in [5.74, 6) is 0.618. The van der Waals surface area contributed by atoms with Crippen LogP contribution < -0.4 is 10.6 Å². The lowest BCUT2D eigenvalue weighted by molar-refractivity contribution is 0.122. The van der Waals surface area contributed by atoms with Gasteiger partial charge < -0.3 is 20.5 Å². The Morgan fingerprint density at radius 1 is 1.31 bits per heavy atom. The number of aromatic nitrogens is 2. The van der Waals surface area contributed by atoms with Crippen LogP contribution in [0.3, 0.4) is 0 Å². The van der Waals surface area contributed by atoms with Crippen molar-refractivity contribution in [3.05, 3.63) is 18.5 Å². The summed E-state index contributed by atoms with van der Waals surface area (Å²) >= 11 is 0. The summed E-state index contributed by atoms with van der Waals surface area (Å²) in [6.45, 7) is 2.45. The molecule has 0 bridgehead atoms. The Morgan fingerprint density at radius 3 is 2.81 bits per heavy atom. The molecule has 16 heavy (non-hydrogen) atoms. The fraction of sp³-hybridized carbons (Fsp3) is 0.600. The van der Waals surface area contributed by atoms with Crippen LogP contribution >= 0.6 is 0 Å². The molecule has 88 valence electrons. The van der Waals surface area contributed by atoms with Gasteiger partial charge in [-0.3, -0.25) is 0 Å². The molecule has 2 rings (SSSR count). The van der Waals surface area contributed by atoms with Gasteiger partial charge in [0.1, 0.15) is 0 Å². The molecular formula is C10H16N4O2. The fourth-order valence-electron chi connectivity index (χ4n) is 1.56. The highest BCUT2D eigenvalue weighted by Gasteiger charge is 2.24. The Kier molecular flexibility index (Phi) is 4.03. The van der Waals surface area contributed by atoms with Gasteiger partial charge in [0, 0.05) is 25.5 Å². The Balaban J connectivity index is 1.62. The van der Waals surface area contributed by atoms with Crippen molar-refractivity contribution in [1.29, 1.82) is 0 Å². The second-order valence-corrected chi connectivity index (χ2v) is 3.66. The maximum atomic E-state index is 9.47.